The van der Waals surface area contributed by atoms with Gasteiger partial charge in [0.1, 0.15) is 0 Å². The van der Waals surface area contributed by atoms with E-state index in [1.54, 1.807) is 0 Å². The first kappa shape index (κ1) is 12.0. The first-order valence-electron chi connectivity index (χ1n) is 3.97. The third-order valence-electron chi connectivity index (χ3n) is 1.84. The maximum absolute atomic E-state index is 8.66. The van der Waals surface area contributed by atoms with Gasteiger partial charge in [0.05, 0.1) is 11.6 Å². The van der Waals surface area contributed by atoms with E-state index in [0.29, 0.717) is 6.54 Å². The van der Waals surface area contributed by atoms with E-state index in [-0.39, 0.29) is 12.4 Å². The lowest BCUT2D eigenvalue weighted by Gasteiger charge is -2.01. The minimum atomic E-state index is 0. The van der Waals surface area contributed by atoms with Gasteiger partial charge >= 0.3 is 0 Å². The van der Waals surface area contributed by atoms with Crippen LogP contribution in [0.4, 0.5) is 0 Å². The zero-order valence-corrected chi connectivity index (χ0v) is 8.40. The van der Waals surface area contributed by atoms with Gasteiger partial charge in [0.2, 0.25) is 0 Å². The van der Waals surface area contributed by atoms with Crippen molar-refractivity contribution in [2.75, 3.05) is 6.54 Å². The molecule has 0 aliphatic rings. The fraction of sp³-hybridized carbons (Fsp3) is 0.300. The van der Waals surface area contributed by atoms with Gasteiger partial charge in [-0.3, -0.25) is 0 Å². The summed E-state index contributed by atoms with van der Waals surface area (Å²) in [6.45, 7) is 2.60. The number of benzene rings is 1. The van der Waals surface area contributed by atoms with Crippen molar-refractivity contribution in [3.8, 4) is 6.07 Å². The molecule has 0 aliphatic carbocycles. The molecule has 70 valence electrons. The molecule has 0 saturated heterocycles. The fourth-order valence-electron chi connectivity index (χ4n) is 1.17. The van der Waals surface area contributed by atoms with Crippen molar-refractivity contribution in [3.63, 3.8) is 0 Å². The van der Waals surface area contributed by atoms with Crippen LogP contribution in [0.5, 0.6) is 0 Å². The molecule has 1 aromatic rings. The lowest BCUT2D eigenvalue weighted by molar-refractivity contribution is 0.966. The third kappa shape index (κ3) is 3.06. The molecule has 0 heterocycles. The minimum absolute atomic E-state index is 0. The smallest absolute Gasteiger partial charge is 0.0994 e. The summed E-state index contributed by atoms with van der Waals surface area (Å²) in [7, 11) is 0. The first-order valence-corrected chi connectivity index (χ1v) is 3.97. The fourth-order valence-corrected chi connectivity index (χ4v) is 1.17. The first-order chi connectivity index (χ1) is 5.77. The van der Waals surface area contributed by atoms with Crippen LogP contribution >= 0.6 is 12.4 Å². The Balaban J connectivity index is 0.00000144. The average molecular weight is 197 g/mol. The van der Waals surface area contributed by atoms with Crippen LogP contribution in [0.25, 0.3) is 0 Å². The summed E-state index contributed by atoms with van der Waals surface area (Å²) in [6.07, 6.45) is 0.881. The highest BCUT2D eigenvalue weighted by atomic mass is 35.5. The van der Waals surface area contributed by atoms with Gasteiger partial charge in [-0.1, -0.05) is 12.1 Å². The predicted molar refractivity (Wildman–Crippen MR) is 55.9 cm³/mol. The second-order valence-corrected chi connectivity index (χ2v) is 2.80. The SMILES string of the molecule is Cc1cc(CCN)ccc1C#N.Cl. The molecule has 13 heavy (non-hydrogen) atoms. The minimum Gasteiger partial charge on any atom is -0.330 e. The summed E-state index contributed by atoms with van der Waals surface area (Å²) in [5.74, 6) is 0. The van der Waals surface area contributed by atoms with Gasteiger partial charge in [-0.15, -0.1) is 12.4 Å². The highest BCUT2D eigenvalue weighted by molar-refractivity contribution is 5.85. The largest absolute Gasteiger partial charge is 0.330 e. The highest BCUT2D eigenvalue weighted by Crippen LogP contribution is 2.09. The molecule has 1 aromatic carbocycles. The van der Waals surface area contributed by atoms with Gasteiger partial charge in [-0.2, -0.15) is 5.26 Å². The van der Waals surface area contributed by atoms with Crippen molar-refractivity contribution < 1.29 is 0 Å². The molecule has 0 saturated carbocycles. The predicted octanol–water partition coefficient (Wildman–Crippen LogP) is 1.79. The van der Waals surface area contributed by atoms with Crippen LogP contribution in [-0.4, -0.2) is 6.54 Å². The number of nitrogens with two attached hydrogens (primary N) is 1. The average Bonchev–Trinajstić information content (AvgIpc) is 2.05. The number of halogens is 1. The number of nitrogens with zero attached hydrogens (tertiary/aromatic N) is 1. The molecule has 2 N–H and O–H groups in total. The standard InChI is InChI=1S/C10H12N2.ClH/c1-8-6-9(4-5-11)2-3-10(8)7-12;/h2-3,6H,4-5,11H2,1H3;1H. The molecule has 0 aromatic heterocycles. The zero-order chi connectivity index (χ0) is 8.97. The summed E-state index contributed by atoms with van der Waals surface area (Å²) < 4.78 is 0. The summed E-state index contributed by atoms with van der Waals surface area (Å²) in [5.41, 5.74) is 8.40. The Hall–Kier alpha value is -1.04. The Labute approximate surface area is 84.8 Å². The molecule has 1 rings (SSSR count). The summed E-state index contributed by atoms with van der Waals surface area (Å²) in [5, 5.41) is 8.66. The van der Waals surface area contributed by atoms with E-state index in [1.165, 1.54) is 5.56 Å². The molecule has 0 fully saturated rings. The Morgan fingerprint density at radius 1 is 1.46 bits per heavy atom. The van der Waals surface area contributed by atoms with Crippen LogP contribution in [0.15, 0.2) is 18.2 Å². The Kier molecular flexibility index (Phi) is 5.13. The molecule has 0 radical (unpaired) electrons. The number of hydrogen-bond donors (Lipinski definition) is 1. The lowest BCUT2D eigenvalue weighted by Crippen LogP contribution is -2.02. The Morgan fingerprint density at radius 3 is 2.62 bits per heavy atom. The zero-order valence-electron chi connectivity index (χ0n) is 7.58. The van der Waals surface area contributed by atoms with E-state index in [9.17, 15) is 0 Å². The molecule has 2 nitrogen and oxygen atoms in total. The Bertz CT molecular complexity index is 315. The number of nitriles is 1. The van der Waals surface area contributed by atoms with E-state index in [4.69, 9.17) is 11.0 Å². The van der Waals surface area contributed by atoms with Gasteiger partial charge < -0.3 is 5.73 Å². The third-order valence-corrected chi connectivity index (χ3v) is 1.84. The molecule has 0 atom stereocenters. The normalized spacial score (nSPS) is 8.69. The lowest BCUT2D eigenvalue weighted by atomic mass is 10.0. The Morgan fingerprint density at radius 2 is 2.15 bits per heavy atom. The number of aryl methyl sites for hydroxylation is 1. The van der Waals surface area contributed by atoms with Crippen molar-refractivity contribution in [3.05, 3.63) is 34.9 Å². The summed E-state index contributed by atoms with van der Waals surface area (Å²) in [4.78, 5) is 0. The molecule has 0 amide bonds. The van der Waals surface area contributed by atoms with Crippen LogP contribution < -0.4 is 5.73 Å². The number of rotatable bonds is 2. The van der Waals surface area contributed by atoms with Crippen molar-refractivity contribution in [2.24, 2.45) is 5.73 Å². The maximum Gasteiger partial charge on any atom is 0.0994 e. The van der Waals surface area contributed by atoms with E-state index < -0.39 is 0 Å². The van der Waals surface area contributed by atoms with E-state index in [1.807, 2.05) is 25.1 Å². The van der Waals surface area contributed by atoms with E-state index in [2.05, 4.69) is 6.07 Å². The van der Waals surface area contributed by atoms with Crippen LogP contribution in [-0.2, 0) is 6.42 Å². The monoisotopic (exact) mass is 196 g/mol. The molecular formula is C10H13ClN2. The van der Waals surface area contributed by atoms with Crippen LogP contribution in [0.3, 0.4) is 0 Å². The number of hydrogen-bond acceptors (Lipinski definition) is 2. The van der Waals surface area contributed by atoms with Crippen molar-refractivity contribution in [2.45, 2.75) is 13.3 Å². The molecule has 0 aliphatic heterocycles. The topological polar surface area (TPSA) is 49.8 Å². The van der Waals surface area contributed by atoms with Crippen LogP contribution in [0, 0.1) is 18.3 Å². The molecule has 0 spiro atoms. The highest BCUT2D eigenvalue weighted by Gasteiger charge is 1.97. The van der Waals surface area contributed by atoms with Gasteiger partial charge in [-0.25, -0.2) is 0 Å². The quantitative estimate of drug-likeness (QED) is 0.784. The van der Waals surface area contributed by atoms with Gasteiger partial charge in [-0.05, 0) is 37.1 Å². The van der Waals surface area contributed by atoms with Crippen molar-refractivity contribution in [1.82, 2.24) is 0 Å². The maximum atomic E-state index is 8.66. The summed E-state index contributed by atoms with van der Waals surface area (Å²) in [6, 6.07) is 7.96. The second kappa shape index (κ2) is 5.58. The molecule has 3 heteroatoms. The van der Waals surface area contributed by atoms with E-state index >= 15 is 0 Å². The van der Waals surface area contributed by atoms with Crippen molar-refractivity contribution in [1.29, 1.82) is 5.26 Å². The van der Waals surface area contributed by atoms with Gasteiger partial charge in [0.15, 0.2) is 0 Å². The molecule has 0 bridgehead atoms. The second-order valence-electron chi connectivity index (χ2n) is 2.80. The van der Waals surface area contributed by atoms with E-state index in [0.717, 1.165) is 17.5 Å². The molecular weight excluding hydrogens is 184 g/mol. The van der Waals surface area contributed by atoms with Crippen LogP contribution in [0.2, 0.25) is 0 Å². The van der Waals surface area contributed by atoms with Crippen molar-refractivity contribution >= 4 is 12.4 Å². The molecule has 0 unspecified atom stereocenters. The van der Waals surface area contributed by atoms with Crippen LogP contribution in [0.1, 0.15) is 16.7 Å². The summed E-state index contributed by atoms with van der Waals surface area (Å²) >= 11 is 0. The van der Waals surface area contributed by atoms with Gasteiger partial charge in [0, 0.05) is 0 Å². The van der Waals surface area contributed by atoms with Gasteiger partial charge in [0.25, 0.3) is 0 Å².